The van der Waals surface area contributed by atoms with Crippen molar-refractivity contribution in [2.45, 2.75) is 26.7 Å². The number of piperidine rings is 1. The summed E-state index contributed by atoms with van der Waals surface area (Å²) in [4.78, 5) is 21.3. The molecule has 10 nitrogen and oxygen atoms in total. The van der Waals surface area contributed by atoms with Gasteiger partial charge in [-0.3, -0.25) is 9.52 Å². The van der Waals surface area contributed by atoms with Crippen molar-refractivity contribution in [3.05, 3.63) is 47.7 Å². The molecule has 4 rings (SSSR count). The van der Waals surface area contributed by atoms with Crippen LogP contribution in [0.2, 0.25) is 0 Å². The van der Waals surface area contributed by atoms with Crippen LogP contribution in [0.25, 0.3) is 0 Å². The number of amidine groups is 1. The van der Waals surface area contributed by atoms with Gasteiger partial charge in [-0.15, -0.1) is 4.40 Å². The molecule has 0 aliphatic carbocycles. The fourth-order valence-corrected chi connectivity index (χ4v) is 5.19. The van der Waals surface area contributed by atoms with E-state index in [1.54, 1.807) is 29.2 Å². The average molecular weight is 487 g/mol. The Hall–Kier alpha value is -3.34. The van der Waals surface area contributed by atoms with E-state index in [1.807, 2.05) is 26.0 Å². The number of fused-ring (bicyclic) bond motifs is 1. The minimum Gasteiger partial charge on any atom is -0.492 e. The van der Waals surface area contributed by atoms with Gasteiger partial charge in [-0.25, -0.2) is 4.98 Å². The first-order valence-corrected chi connectivity index (χ1v) is 12.9. The first-order chi connectivity index (χ1) is 16.3. The van der Waals surface area contributed by atoms with E-state index in [-0.39, 0.29) is 17.7 Å². The van der Waals surface area contributed by atoms with E-state index in [1.165, 1.54) is 0 Å². The Morgan fingerprint density at radius 2 is 2.00 bits per heavy atom. The molecule has 0 spiro atoms. The summed E-state index contributed by atoms with van der Waals surface area (Å²) < 4.78 is 35.6. The second-order valence-electron chi connectivity index (χ2n) is 8.36. The van der Waals surface area contributed by atoms with Gasteiger partial charge >= 0.3 is 10.2 Å². The van der Waals surface area contributed by atoms with Crippen LogP contribution in [-0.2, 0) is 10.2 Å². The molecule has 0 unspecified atom stereocenters. The SMILES string of the molecule is CCN(CC)C(=O)c1cccc(N2CCC[C@H](COc3cccc4c3C(N)=NS(=O)(=O)N4)C2)n1. The second kappa shape index (κ2) is 9.88. The summed E-state index contributed by atoms with van der Waals surface area (Å²) in [6, 6.07) is 10.7. The van der Waals surface area contributed by atoms with Gasteiger partial charge in [-0.2, -0.15) is 8.42 Å². The summed E-state index contributed by atoms with van der Waals surface area (Å²) in [5, 5.41) is 0. The van der Waals surface area contributed by atoms with E-state index in [9.17, 15) is 13.2 Å². The highest BCUT2D eigenvalue weighted by Gasteiger charge is 2.26. The standard InChI is InChI=1S/C23H30N6O4S/c1-3-28(4-2)23(30)18-10-6-12-20(25-18)29-13-7-8-16(14-29)15-33-19-11-5-9-17-21(19)22(24)27-34(31,32)26-17/h5-6,9-12,16,26H,3-4,7-8,13-15H2,1-2H3,(H2,24,27)/t16-/m0/s1. The van der Waals surface area contributed by atoms with Gasteiger partial charge < -0.3 is 20.3 Å². The number of carbonyl (C=O) groups is 1. The lowest BCUT2D eigenvalue weighted by molar-refractivity contribution is 0.0767. The number of anilines is 2. The second-order valence-corrected chi connectivity index (χ2v) is 9.69. The maximum Gasteiger partial charge on any atom is 0.344 e. The van der Waals surface area contributed by atoms with Crippen LogP contribution in [0.5, 0.6) is 5.75 Å². The lowest BCUT2D eigenvalue weighted by atomic mass is 9.99. The van der Waals surface area contributed by atoms with Crippen molar-refractivity contribution in [3.63, 3.8) is 0 Å². The molecule has 0 saturated carbocycles. The lowest BCUT2D eigenvalue weighted by Crippen LogP contribution is -2.39. The maximum absolute atomic E-state index is 12.7. The molecule has 2 aromatic rings. The number of ether oxygens (including phenoxy) is 1. The predicted octanol–water partition coefficient (Wildman–Crippen LogP) is 2.23. The molecule has 1 aromatic heterocycles. The van der Waals surface area contributed by atoms with Crippen LogP contribution in [0.4, 0.5) is 11.5 Å². The number of hydrogen-bond acceptors (Lipinski definition) is 7. The molecule has 3 N–H and O–H groups in total. The highest BCUT2D eigenvalue weighted by molar-refractivity contribution is 7.91. The van der Waals surface area contributed by atoms with Crippen LogP contribution >= 0.6 is 0 Å². The van der Waals surface area contributed by atoms with Gasteiger partial charge in [-0.1, -0.05) is 12.1 Å². The Bertz CT molecular complexity index is 1200. The molecular weight excluding hydrogens is 456 g/mol. The maximum atomic E-state index is 12.7. The normalized spacial score (nSPS) is 18.9. The van der Waals surface area contributed by atoms with Crippen LogP contribution in [0.1, 0.15) is 42.7 Å². The largest absolute Gasteiger partial charge is 0.492 e. The van der Waals surface area contributed by atoms with Crippen LogP contribution < -0.4 is 20.1 Å². The molecule has 0 radical (unpaired) electrons. The average Bonchev–Trinajstić information content (AvgIpc) is 2.82. The molecule has 2 aliphatic heterocycles. The quantitative estimate of drug-likeness (QED) is 0.614. The van der Waals surface area contributed by atoms with E-state index in [2.05, 4.69) is 19.0 Å². The van der Waals surface area contributed by atoms with Crippen molar-refractivity contribution >= 4 is 33.5 Å². The van der Waals surface area contributed by atoms with Crippen molar-refractivity contribution < 1.29 is 17.9 Å². The highest BCUT2D eigenvalue weighted by atomic mass is 32.2. The lowest BCUT2D eigenvalue weighted by Gasteiger charge is -2.34. The number of aromatic nitrogens is 1. The minimum absolute atomic E-state index is 0.0625. The smallest absolute Gasteiger partial charge is 0.344 e. The van der Waals surface area contributed by atoms with Crippen LogP contribution in [-0.4, -0.2) is 62.8 Å². The third kappa shape index (κ3) is 5.09. The summed E-state index contributed by atoms with van der Waals surface area (Å²) in [5.74, 6) is 1.35. The first kappa shape index (κ1) is 23.8. The van der Waals surface area contributed by atoms with Gasteiger partial charge in [0.05, 0.1) is 17.9 Å². The summed E-state index contributed by atoms with van der Waals surface area (Å²) in [5.41, 5.74) is 7.17. The number of nitrogens with two attached hydrogens (primary N) is 1. The number of nitrogens with one attached hydrogen (secondary N) is 1. The monoisotopic (exact) mass is 486 g/mol. The molecule has 2 aliphatic rings. The van der Waals surface area contributed by atoms with E-state index in [0.717, 1.165) is 31.7 Å². The molecule has 1 fully saturated rings. The molecule has 3 heterocycles. The van der Waals surface area contributed by atoms with Crippen LogP contribution in [0.15, 0.2) is 40.8 Å². The van der Waals surface area contributed by atoms with Crippen molar-refractivity contribution in [1.82, 2.24) is 9.88 Å². The van der Waals surface area contributed by atoms with E-state index in [4.69, 9.17) is 10.5 Å². The van der Waals surface area contributed by atoms with Gasteiger partial charge in [-0.05, 0) is 51.0 Å². The highest BCUT2D eigenvalue weighted by Crippen LogP contribution is 2.31. The van der Waals surface area contributed by atoms with Crippen LogP contribution in [0, 0.1) is 5.92 Å². The van der Waals surface area contributed by atoms with Gasteiger partial charge in [0, 0.05) is 32.1 Å². The Morgan fingerprint density at radius 1 is 1.24 bits per heavy atom. The zero-order chi connectivity index (χ0) is 24.3. The van der Waals surface area contributed by atoms with Gasteiger partial charge in [0.15, 0.2) is 5.84 Å². The molecule has 34 heavy (non-hydrogen) atoms. The molecule has 1 saturated heterocycles. The fourth-order valence-electron chi connectivity index (χ4n) is 4.35. The Labute approximate surface area is 200 Å². The third-order valence-corrected chi connectivity index (χ3v) is 6.98. The molecule has 1 atom stereocenters. The molecule has 1 amide bonds. The number of amides is 1. The van der Waals surface area contributed by atoms with Crippen molar-refractivity contribution in [1.29, 1.82) is 0 Å². The van der Waals surface area contributed by atoms with Crippen molar-refractivity contribution in [2.24, 2.45) is 16.0 Å². The Balaban J connectivity index is 1.45. The summed E-state index contributed by atoms with van der Waals surface area (Å²) in [7, 11) is -3.84. The molecular formula is C23H30N6O4S. The summed E-state index contributed by atoms with van der Waals surface area (Å²) >= 11 is 0. The van der Waals surface area contributed by atoms with E-state index in [0.29, 0.717) is 42.4 Å². The molecule has 0 bridgehead atoms. The molecule has 1 aromatic carbocycles. The molecule has 182 valence electrons. The number of nitrogens with zero attached hydrogens (tertiary/aromatic N) is 4. The number of hydrogen-bond donors (Lipinski definition) is 2. The van der Waals surface area contributed by atoms with Gasteiger partial charge in [0.25, 0.3) is 5.91 Å². The minimum atomic E-state index is -3.84. The van der Waals surface area contributed by atoms with Gasteiger partial charge in [0.1, 0.15) is 17.3 Å². The summed E-state index contributed by atoms with van der Waals surface area (Å²) in [6.07, 6.45) is 1.96. The Kier molecular flexibility index (Phi) is 6.92. The zero-order valence-corrected chi connectivity index (χ0v) is 20.2. The fraction of sp³-hybridized carbons (Fsp3) is 0.435. The first-order valence-electron chi connectivity index (χ1n) is 11.5. The van der Waals surface area contributed by atoms with Crippen molar-refractivity contribution in [2.75, 3.05) is 42.4 Å². The predicted molar refractivity (Wildman–Crippen MR) is 132 cm³/mol. The van der Waals surface area contributed by atoms with E-state index < -0.39 is 10.2 Å². The van der Waals surface area contributed by atoms with Crippen molar-refractivity contribution in [3.8, 4) is 5.75 Å². The number of benzene rings is 1. The third-order valence-electron chi connectivity index (χ3n) is 6.06. The number of rotatable bonds is 7. The van der Waals surface area contributed by atoms with Gasteiger partial charge in [0.2, 0.25) is 0 Å². The number of carbonyl (C=O) groups excluding carboxylic acids is 1. The zero-order valence-electron chi connectivity index (χ0n) is 19.4. The van der Waals surface area contributed by atoms with Crippen LogP contribution in [0.3, 0.4) is 0 Å². The Morgan fingerprint density at radius 3 is 2.76 bits per heavy atom. The number of pyridine rings is 1. The van der Waals surface area contributed by atoms with E-state index >= 15 is 0 Å². The summed E-state index contributed by atoms with van der Waals surface area (Å²) in [6.45, 7) is 7.23. The topological polar surface area (TPSA) is 130 Å². The molecule has 11 heteroatoms.